The summed E-state index contributed by atoms with van der Waals surface area (Å²) < 4.78 is 0. The van der Waals surface area contributed by atoms with E-state index < -0.39 is 0 Å². The zero-order valence-electron chi connectivity index (χ0n) is 12.6. The Morgan fingerprint density at radius 2 is 2.10 bits per heavy atom. The topological polar surface area (TPSA) is 56.3 Å². The molecule has 3 rings (SSSR count). The molecule has 0 saturated heterocycles. The standard InChI is InChI=1S/C17H22N2O2/c1-11-15(14-5-3-4-6-16(14)18-11)9-17(21)19(2)10-12-7-13(20)8-12/h3-6,12-13,18,20H,7-10H2,1-2H3. The molecule has 1 saturated carbocycles. The molecule has 2 aromatic rings. The average molecular weight is 286 g/mol. The Labute approximate surface area is 124 Å². The van der Waals surface area contributed by atoms with Gasteiger partial charge in [0, 0.05) is 30.2 Å². The molecule has 1 fully saturated rings. The third-order valence-corrected chi connectivity index (χ3v) is 4.52. The highest BCUT2D eigenvalue weighted by Crippen LogP contribution is 2.28. The molecule has 1 aromatic heterocycles. The van der Waals surface area contributed by atoms with Crippen LogP contribution in [0, 0.1) is 12.8 Å². The summed E-state index contributed by atoms with van der Waals surface area (Å²) in [4.78, 5) is 17.6. The fourth-order valence-corrected chi connectivity index (χ4v) is 3.19. The van der Waals surface area contributed by atoms with Crippen LogP contribution >= 0.6 is 0 Å². The SMILES string of the molecule is Cc1[nH]c2ccccc2c1CC(=O)N(C)CC1CC(O)C1. The van der Waals surface area contributed by atoms with Gasteiger partial charge in [0.15, 0.2) is 0 Å². The number of aromatic nitrogens is 1. The number of H-pyrrole nitrogens is 1. The second kappa shape index (κ2) is 5.53. The number of rotatable bonds is 4. The molecule has 4 nitrogen and oxygen atoms in total. The molecule has 0 unspecified atom stereocenters. The normalized spacial score (nSPS) is 21.3. The number of fused-ring (bicyclic) bond motifs is 1. The Balaban J connectivity index is 1.69. The summed E-state index contributed by atoms with van der Waals surface area (Å²) in [5.41, 5.74) is 3.25. The average Bonchev–Trinajstić information content (AvgIpc) is 2.73. The number of benzene rings is 1. The zero-order chi connectivity index (χ0) is 15.0. The van der Waals surface area contributed by atoms with Crippen molar-refractivity contribution in [3.63, 3.8) is 0 Å². The fourth-order valence-electron chi connectivity index (χ4n) is 3.19. The number of hydrogen-bond donors (Lipinski definition) is 2. The van der Waals surface area contributed by atoms with Crippen molar-refractivity contribution in [2.75, 3.05) is 13.6 Å². The first kappa shape index (κ1) is 14.1. The van der Waals surface area contributed by atoms with Crippen LogP contribution in [0.1, 0.15) is 24.1 Å². The maximum Gasteiger partial charge on any atom is 0.226 e. The van der Waals surface area contributed by atoms with Gasteiger partial charge in [-0.25, -0.2) is 0 Å². The number of amides is 1. The number of aliphatic hydroxyl groups is 1. The van der Waals surface area contributed by atoms with Gasteiger partial charge >= 0.3 is 0 Å². The first-order valence-electron chi connectivity index (χ1n) is 7.53. The van der Waals surface area contributed by atoms with Crippen LogP contribution in [0.25, 0.3) is 10.9 Å². The molecule has 1 aliphatic carbocycles. The smallest absolute Gasteiger partial charge is 0.226 e. The lowest BCUT2D eigenvalue weighted by Gasteiger charge is -2.34. The minimum atomic E-state index is -0.158. The largest absolute Gasteiger partial charge is 0.393 e. The highest BCUT2D eigenvalue weighted by molar-refractivity contribution is 5.90. The summed E-state index contributed by atoms with van der Waals surface area (Å²) in [7, 11) is 1.86. The van der Waals surface area contributed by atoms with Crippen LogP contribution in [0.2, 0.25) is 0 Å². The molecule has 4 heteroatoms. The molecule has 1 aromatic carbocycles. The highest BCUT2D eigenvalue weighted by Gasteiger charge is 2.29. The van der Waals surface area contributed by atoms with E-state index in [1.807, 2.05) is 32.2 Å². The molecule has 0 bridgehead atoms. The Kier molecular flexibility index (Phi) is 3.72. The highest BCUT2D eigenvalue weighted by atomic mass is 16.3. The third kappa shape index (κ3) is 2.81. The van der Waals surface area contributed by atoms with Gasteiger partial charge in [-0.2, -0.15) is 0 Å². The number of aliphatic hydroxyl groups excluding tert-OH is 1. The molecular weight excluding hydrogens is 264 g/mol. The molecule has 1 amide bonds. The van der Waals surface area contributed by atoms with Gasteiger partial charge in [-0.15, -0.1) is 0 Å². The molecule has 1 aliphatic rings. The maximum atomic E-state index is 12.4. The second-order valence-electron chi connectivity index (χ2n) is 6.22. The van der Waals surface area contributed by atoms with Crippen LogP contribution < -0.4 is 0 Å². The van der Waals surface area contributed by atoms with Crippen LogP contribution in [0.15, 0.2) is 24.3 Å². The van der Waals surface area contributed by atoms with Crippen LogP contribution in [0.3, 0.4) is 0 Å². The molecule has 1 heterocycles. The number of likely N-dealkylation sites (N-methyl/N-ethyl adjacent to an activating group) is 1. The van der Waals surface area contributed by atoms with Gasteiger partial charge in [0.1, 0.15) is 0 Å². The molecule has 0 radical (unpaired) electrons. The van der Waals surface area contributed by atoms with Gasteiger partial charge in [0.2, 0.25) is 5.91 Å². The summed E-state index contributed by atoms with van der Waals surface area (Å²) in [6.45, 7) is 2.77. The zero-order valence-corrected chi connectivity index (χ0v) is 12.6. The van der Waals surface area contributed by atoms with Gasteiger partial charge in [0.05, 0.1) is 12.5 Å². The summed E-state index contributed by atoms with van der Waals surface area (Å²) in [6, 6.07) is 8.10. The van der Waals surface area contributed by atoms with Gasteiger partial charge in [-0.1, -0.05) is 18.2 Å². The number of nitrogens with one attached hydrogen (secondary N) is 1. The van der Waals surface area contributed by atoms with E-state index in [1.54, 1.807) is 4.90 Å². The van der Waals surface area contributed by atoms with Crippen LogP contribution in [0.4, 0.5) is 0 Å². The van der Waals surface area contributed by atoms with Gasteiger partial charge < -0.3 is 15.0 Å². The molecule has 0 spiro atoms. The Morgan fingerprint density at radius 1 is 1.38 bits per heavy atom. The Morgan fingerprint density at radius 3 is 2.81 bits per heavy atom. The number of aryl methyl sites for hydroxylation is 1. The molecule has 0 aliphatic heterocycles. The van der Waals surface area contributed by atoms with E-state index in [4.69, 9.17) is 0 Å². The minimum Gasteiger partial charge on any atom is -0.393 e. The van der Waals surface area contributed by atoms with E-state index in [-0.39, 0.29) is 12.0 Å². The van der Waals surface area contributed by atoms with Crippen molar-refractivity contribution in [1.29, 1.82) is 0 Å². The van der Waals surface area contributed by atoms with Crippen LogP contribution in [-0.2, 0) is 11.2 Å². The van der Waals surface area contributed by atoms with E-state index in [1.165, 1.54) is 0 Å². The number of nitrogens with zero attached hydrogens (tertiary/aromatic N) is 1. The summed E-state index contributed by atoms with van der Waals surface area (Å²) in [5, 5.41) is 10.5. The molecule has 2 N–H and O–H groups in total. The predicted molar refractivity (Wildman–Crippen MR) is 83.1 cm³/mol. The lowest BCUT2D eigenvalue weighted by Crippen LogP contribution is -2.40. The van der Waals surface area contributed by atoms with Gasteiger partial charge in [-0.3, -0.25) is 4.79 Å². The van der Waals surface area contributed by atoms with E-state index in [2.05, 4.69) is 11.1 Å². The number of carbonyl (C=O) groups is 1. The quantitative estimate of drug-likeness (QED) is 0.905. The van der Waals surface area contributed by atoms with Crippen molar-refractivity contribution in [2.24, 2.45) is 5.92 Å². The van der Waals surface area contributed by atoms with Crippen molar-refractivity contribution in [3.8, 4) is 0 Å². The van der Waals surface area contributed by atoms with Crippen molar-refractivity contribution < 1.29 is 9.90 Å². The third-order valence-electron chi connectivity index (χ3n) is 4.52. The lowest BCUT2D eigenvalue weighted by molar-refractivity contribution is -0.130. The predicted octanol–water partition coefficient (Wildman–Crippen LogP) is 2.25. The van der Waals surface area contributed by atoms with E-state index >= 15 is 0 Å². The monoisotopic (exact) mass is 286 g/mol. The van der Waals surface area contributed by atoms with Crippen LogP contribution in [-0.4, -0.2) is 40.6 Å². The number of carbonyl (C=O) groups excluding carboxylic acids is 1. The maximum absolute atomic E-state index is 12.4. The van der Waals surface area contributed by atoms with E-state index in [0.717, 1.165) is 41.5 Å². The molecule has 112 valence electrons. The van der Waals surface area contributed by atoms with Crippen molar-refractivity contribution in [3.05, 3.63) is 35.5 Å². The number of para-hydroxylation sites is 1. The van der Waals surface area contributed by atoms with Gasteiger partial charge in [-0.05, 0) is 37.3 Å². The van der Waals surface area contributed by atoms with E-state index in [0.29, 0.717) is 12.3 Å². The van der Waals surface area contributed by atoms with Crippen LogP contribution in [0.5, 0.6) is 0 Å². The van der Waals surface area contributed by atoms with E-state index in [9.17, 15) is 9.90 Å². The molecule has 0 atom stereocenters. The minimum absolute atomic E-state index is 0.143. The Hall–Kier alpha value is -1.81. The van der Waals surface area contributed by atoms with Crippen molar-refractivity contribution in [2.45, 2.75) is 32.3 Å². The number of hydrogen-bond acceptors (Lipinski definition) is 2. The van der Waals surface area contributed by atoms with Crippen molar-refractivity contribution >= 4 is 16.8 Å². The number of aromatic amines is 1. The molecule has 21 heavy (non-hydrogen) atoms. The molecular formula is C17H22N2O2. The lowest BCUT2D eigenvalue weighted by atomic mass is 9.82. The summed E-state index contributed by atoms with van der Waals surface area (Å²) in [5.74, 6) is 0.599. The first-order chi connectivity index (χ1) is 10.0. The summed E-state index contributed by atoms with van der Waals surface area (Å²) >= 11 is 0. The van der Waals surface area contributed by atoms with Crippen molar-refractivity contribution in [1.82, 2.24) is 9.88 Å². The first-order valence-corrected chi connectivity index (χ1v) is 7.53. The summed E-state index contributed by atoms with van der Waals surface area (Å²) in [6.07, 6.45) is 1.92. The Bertz CT molecular complexity index is 656. The second-order valence-corrected chi connectivity index (χ2v) is 6.22. The van der Waals surface area contributed by atoms with Gasteiger partial charge in [0.25, 0.3) is 0 Å². The fraction of sp³-hybridized carbons (Fsp3) is 0.471.